The molecule has 1 aromatic carbocycles. The smallest absolute Gasteiger partial charge is 0.408 e. The van der Waals surface area contributed by atoms with Crippen LogP contribution in [-0.2, 0) is 30.3 Å². The summed E-state index contributed by atoms with van der Waals surface area (Å²) in [6.45, 7) is 11.8. The summed E-state index contributed by atoms with van der Waals surface area (Å²) in [6.07, 6.45) is 1.18. The predicted molar refractivity (Wildman–Crippen MR) is 136 cm³/mol. The molecule has 0 aliphatic heterocycles. The highest BCUT2D eigenvalue weighted by molar-refractivity contribution is 5.95. The molecule has 0 radical (unpaired) electrons. The molecule has 2 rings (SSSR count). The van der Waals surface area contributed by atoms with Crippen molar-refractivity contribution in [3.05, 3.63) is 36.0 Å². The van der Waals surface area contributed by atoms with Crippen LogP contribution in [0.3, 0.4) is 0 Å². The number of hydrogen-bond donors (Lipinski definition) is 4. The number of amides is 3. The minimum absolute atomic E-state index is 0.156. The van der Waals surface area contributed by atoms with Crippen LogP contribution in [0.4, 0.5) is 4.79 Å². The fourth-order valence-corrected chi connectivity index (χ4v) is 3.58. The van der Waals surface area contributed by atoms with Gasteiger partial charge >= 0.3 is 12.1 Å². The van der Waals surface area contributed by atoms with Crippen LogP contribution in [0.5, 0.6) is 0 Å². The number of ether oxygens (including phenoxy) is 2. The first-order valence-electron chi connectivity index (χ1n) is 11.9. The largest absolute Gasteiger partial charge is 0.467 e. The van der Waals surface area contributed by atoms with Gasteiger partial charge in [-0.3, -0.25) is 9.59 Å². The number of methoxy groups -OCH3 is 1. The highest BCUT2D eigenvalue weighted by Gasteiger charge is 2.36. The Hall–Kier alpha value is -3.56. The van der Waals surface area contributed by atoms with Gasteiger partial charge in [-0.2, -0.15) is 0 Å². The molecule has 1 aromatic heterocycles. The van der Waals surface area contributed by atoms with E-state index in [0.29, 0.717) is 0 Å². The van der Waals surface area contributed by atoms with E-state index >= 15 is 0 Å². The molecule has 2 atom stereocenters. The molecule has 0 bridgehead atoms. The van der Waals surface area contributed by atoms with Crippen molar-refractivity contribution in [2.45, 2.75) is 78.1 Å². The lowest BCUT2D eigenvalue weighted by Crippen LogP contribution is -2.62. The number of alkyl carbamates (subject to hydrolysis) is 1. The van der Waals surface area contributed by atoms with Gasteiger partial charge < -0.3 is 30.4 Å². The summed E-state index contributed by atoms with van der Waals surface area (Å²) in [6, 6.07) is 5.70. The fourth-order valence-electron chi connectivity index (χ4n) is 3.58. The van der Waals surface area contributed by atoms with Crippen molar-refractivity contribution in [1.29, 1.82) is 0 Å². The minimum Gasteiger partial charge on any atom is -0.467 e. The minimum atomic E-state index is -1.40. The van der Waals surface area contributed by atoms with Crippen molar-refractivity contribution in [3.63, 3.8) is 0 Å². The number of H-pyrrole nitrogens is 1. The fraction of sp³-hybridized carbons (Fsp3) is 0.538. The lowest BCUT2D eigenvalue weighted by molar-refractivity contribution is -0.147. The van der Waals surface area contributed by atoms with Gasteiger partial charge in [-0.1, -0.05) is 32.0 Å². The number of benzene rings is 1. The molecule has 0 spiro atoms. The van der Waals surface area contributed by atoms with Gasteiger partial charge in [0.2, 0.25) is 11.8 Å². The Morgan fingerprint density at radius 2 is 1.64 bits per heavy atom. The second kappa shape index (κ2) is 11.5. The third-order valence-electron chi connectivity index (χ3n) is 5.52. The summed E-state index contributed by atoms with van der Waals surface area (Å²) >= 11 is 0. The monoisotopic (exact) mass is 502 g/mol. The Morgan fingerprint density at radius 1 is 1.00 bits per heavy atom. The number of nitrogens with one attached hydrogen (secondary N) is 4. The number of aromatic nitrogens is 1. The maximum Gasteiger partial charge on any atom is 0.408 e. The summed E-state index contributed by atoms with van der Waals surface area (Å²) in [5.41, 5.74) is -0.447. The number of carbonyl (C=O) groups is 4. The van der Waals surface area contributed by atoms with Crippen LogP contribution in [0.25, 0.3) is 10.9 Å². The van der Waals surface area contributed by atoms with Gasteiger partial charge in [0.05, 0.1) is 7.11 Å². The normalized spacial score (nSPS) is 13.6. The molecule has 0 aliphatic carbocycles. The molecule has 10 heteroatoms. The zero-order valence-electron chi connectivity index (χ0n) is 22.3. The highest BCUT2D eigenvalue weighted by Crippen LogP contribution is 2.20. The number of fused-ring (bicyclic) bond motifs is 1. The maximum absolute atomic E-state index is 13.4. The lowest BCUT2D eigenvalue weighted by Gasteiger charge is -2.31. The van der Waals surface area contributed by atoms with Crippen molar-refractivity contribution < 1.29 is 28.7 Å². The number of para-hydroxylation sites is 1. The van der Waals surface area contributed by atoms with E-state index in [1.165, 1.54) is 21.0 Å². The van der Waals surface area contributed by atoms with Crippen LogP contribution in [0, 0.1) is 5.92 Å². The van der Waals surface area contributed by atoms with Gasteiger partial charge in [0.25, 0.3) is 0 Å². The summed E-state index contributed by atoms with van der Waals surface area (Å²) in [5.74, 6) is -1.95. The Morgan fingerprint density at radius 3 is 2.22 bits per heavy atom. The Kier molecular flexibility index (Phi) is 9.12. The Balaban J connectivity index is 2.25. The zero-order valence-corrected chi connectivity index (χ0v) is 22.3. The molecule has 1 heterocycles. The number of hydrogen-bond acceptors (Lipinski definition) is 6. The molecule has 0 saturated carbocycles. The van der Waals surface area contributed by atoms with E-state index < -0.39 is 47.1 Å². The van der Waals surface area contributed by atoms with Crippen LogP contribution < -0.4 is 16.0 Å². The van der Waals surface area contributed by atoms with E-state index in [4.69, 9.17) is 9.47 Å². The third kappa shape index (κ3) is 7.73. The summed E-state index contributed by atoms with van der Waals surface area (Å²) in [7, 11) is 1.24. The Bertz CT molecular complexity index is 1100. The maximum atomic E-state index is 13.4. The van der Waals surface area contributed by atoms with Crippen molar-refractivity contribution in [3.8, 4) is 0 Å². The third-order valence-corrected chi connectivity index (χ3v) is 5.52. The summed E-state index contributed by atoms with van der Waals surface area (Å²) < 4.78 is 10.1. The lowest BCUT2D eigenvalue weighted by atomic mass is 9.98. The van der Waals surface area contributed by atoms with Crippen LogP contribution >= 0.6 is 0 Å². The number of rotatable bonds is 9. The van der Waals surface area contributed by atoms with Gasteiger partial charge in [-0.15, -0.1) is 0 Å². The second-order valence-electron chi connectivity index (χ2n) is 10.6. The van der Waals surface area contributed by atoms with Crippen LogP contribution in [0.15, 0.2) is 30.5 Å². The summed E-state index contributed by atoms with van der Waals surface area (Å²) in [4.78, 5) is 54.2. The van der Waals surface area contributed by atoms with E-state index in [1.54, 1.807) is 40.8 Å². The van der Waals surface area contributed by atoms with Gasteiger partial charge in [0.1, 0.15) is 23.2 Å². The van der Waals surface area contributed by atoms with Crippen molar-refractivity contribution in [1.82, 2.24) is 20.9 Å². The van der Waals surface area contributed by atoms with Gasteiger partial charge in [0, 0.05) is 23.5 Å². The van der Waals surface area contributed by atoms with Crippen LogP contribution in [0.1, 0.15) is 54.0 Å². The van der Waals surface area contributed by atoms with Gasteiger partial charge in [-0.05, 0) is 52.2 Å². The molecule has 0 saturated heterocycles. The number of esters is 1. The number of carbonyl (C=O) groups excluding carboxylic acids is 4. The standard InChI is InChI=1S/C26H38N4O6/c1-15(2)20(22(32)35-8)29-23(33)26(6,7)30-21(31)19(28-24(34)36-25(3,4)5)13-16-14-27-18-12-10-9-11-17(16)18/h9-12,14-15,19-20,27H,13H2,1-8H3,(H,28,34)(H,29,33)(H,30,31)/t19-,20-/m0/s1. The zero-order chi connectivity index (χ0) is 27.3. The Labute approximate surface area is 211 Å². The second-order valence-corrected chi connectivity index (χ2v) is 10.6. The van der Waals surface area contributed by atoms with E-state index in [0.717, 1.165) is 16.5 Å². The van der Waals surface area contributed by atoms with Crippen molar-refractivity contribution in [2.75, 3.05) is 7.11 Å². The first-order chi connectivity index (χ1) is 16.6. The first-order valence-corrected chi connectivity index (χ1v) is 11.9. The van der Waals surface area contributed by atoms with Gasteiger partial charge in [-0.25, -0.2) is 9.59 Å². The van der Waals surface area contributed by atoms with E-state index in [9.17, 15) is 19.2 Å². The van der Waals surface area contributed by atoms with Crippen molar-refractivity contribution >= 4 is 34.8 Å². The molecule has 10 nitrogen and oxygen atoms in total. The molecule has 0 aliphatic rings. The van der Waals surface area contributed by atoms with Gasteiger partial charge in [0.15, 0.2) is 0 Å². The van der Waals surface area contributed by atoms with Crippen LogP contribution in [0.2, 0.25) is 0 Å². The summed E-state index contributed by atoms with van der Waals surface area (Å²) in [5, 5.41) is 8.89. The molecule has 3 amide bonds. The molecule has 198 valence electrons. The topological polar surface area (TPSA) is 139 Å². The molecular formula is C26H38N4O6. The van der Waals surface area contributed by atoms with E-state index in [1.807, 2.05) is 24.3 Å². The molecular weight excluding hydrogens is 464 g/mol. The average molecular weight is 503 g/mol. The predicted octanol–water partition coefficient (Wildman–Crippen LogP) is 2.81. The number of aromatic amines is 1. The quantitative estimate of drug-likeness (QED) is 0.389. The van der Waals surface area contributed by atoms with E-state index in [-0.39, 0.29) is 12.3 Å². The average Bonchev–Trinajstić information content (AvgIpc) is 3.17. The molecule has 0 fully saturated rings. The molecule has 0 unspecified atom stereocenters. The molecule has 2 aromatic rings. The highest BCUT2D eigenvalue weighted by atomic mass is 16.6. The van der Waals surface area contributed by atoms with Crippen molar-refractivity contribution in [2.24, 2.45) is 5.92 Å². The molecule has 4 N–H and O–H groups in total. The van der Waals surface area contributed by atoms with E-state index in [2.05, 4.69) is 20.9 Å². The first kappa shape index (κ1) is 28.7. The van der Waals surface area contributed by atoms with Crippen LogP contribution in [-0.4, -0.2) is 59.2 Å². The molecule has 36 heavy (non-hydrogen) atoms. The SMILES string of the molecule is COC(=O)[C@@H](NC(=O)C(C)(C)NC(=O)[C@H](Cc1c[nH]c2ccccc12)NC(=O)OC(C)(C)C)C(C)C.